The molecular formula is C20H25ClF2N2O. The predicted molar refractivity (Wildman–Crippen MR) is 102 cm³/mol. The third kappa shape index (κ3) is 3.89. The summed E-state index contributed by atoms with van der Waals surface area (Å²) in [6.07, 6.45) is 3.85. The van der Waals surface area contributed by atoms with Gasteiger partial charge in [-0.1, -0.05) is 31.5 Å². The van der Waals surface area contributed by atoms with Gasteiger partial charge in [0.1, 0.15) is 0 Å². The van der Waals surface area contributed by atoms with E-state index in [2.05, 4.69) is 18.8 Å². The summed E-state index contributed by atoms with van der Waals surface area (Å²) < 4.78 is 29.4. The van der Waals surface area contributed by atoms with Gasteiger partial charge in [0, 0.05) is 42.5 Å². The molecule has 0 bridgehead atoms. The average Bonchev–Trinajstić information content (AvgIpc) is 2.92. The van der Waals surface area contributed by atoms with Gasteiger partial charge in [0.2, 0.25) is 0 Å². The molecule has 6 heteroatoms. The zero-order valence-corrected chi connectivity index (χ0v) is 15.8. The number of pyridine rings is 1. The first-order valence-corrected chi connectivity index (χ1v) is 9.44. The number of hydrogen-bond acceptors (Lipinski definition) is 2. The number of nitrogens with zero attached hydrogens (tertiary/aromatic N) is 1. The van der Waals surface area contributed by atoms with Crippen molar-refractivity contribution in [3.8, 4) is 0 Å². The molecule has 3 nitrogen and oxygen atoms in total. The maximum atomic E-state index is 13.7. The van der Waals surface area contributed by atoms with Crippen LogP contribution < -0.4 is 5.32 Å². The van der Waals surface area contributed by atoms with E-state index < -0.39 is 17.9 Å². The van der Waals surface area contributed by atoms with E-state index in [1.165, 1.54) is 0 Å². The molecule has 2 aromatic heterocycles. The number of fused-ring (bicyclic) bond motifs is 1. The second kappa shape index (κ2) is 7.20. The van der Waals surface area contributed by atoms with Gasteiger partial charge < -0.3 is 14.8 Å². The van der Waals surface area contributed by atoms with E-state index in [0.717, 1.165) is 29.6 Å². The second-order valence-electron chi connectivity index (χ2n) is 7.32. The van der Waals surface area contributed by atoms with Crippen LogP contribution in [0.25, 0.3) is 11.2 Å². The maximum Gasteiger partial charge on any atom is 0.251 e. The fourth-order valence-corrected chi connectivity index (χ4v) is 4.08. The highest BCUT2D eigenvalue weighted by Gasteiger charge is 2.44. The van der Waals surface area contributed by atoms with Crippen LogP contribution in [0.1, 0.15) is 50.3 Å². The fourth-order valence-electron chi connectivity index (χ4n) is 3.81. The lowest BCUT2D eigenvalue weighted by molar-refractivity contribution is -0.121. The molecule has 142 valence electrons. The van der Waals surface area contributed by atoms with E-state index in [1.54, 1.807) is 0 Å². The average molecular weight is 383 g/mol. The first kappa shape index (κ1) is 19.2. The molecule has 2 N–H and O–H groups in total. The summed E-state index contributed by atoms with van der Waals surface area (Å²) >= 11 is 6.40. The van der Waals surface area contributed by atoms with Crippen LogP contribution in [0.15, 0.2) is 31.0 Å². The predicted octanol–water partition coefficient (Wildman–Crippen LogP) is 5.05. The second-order valence-corrected chi connectivity index (χ2v) is 7.72. The Morgan fingerprint density at radius 2 is 2.19 bits per heavy atom. The molecule has 0 radical (unpaired) electrons. The highest BCUT2D eigenvalue weighted by molar-refractivity contribution is 6.34. The Hall–Kier alpha value is -1.59. The Labute approximate surface area is 157 Å². The summed E-state index contributed by atoms with van der Waals surface area (Å²) in [7, 11) is 0. The lowest BCUT2D eigenvalue weighted by Crippen LogP contribution is -2.47. The summed E-state index contributed by atoms with van der Waals surface area (Å²) in [6.45, 7) is 6.21. The zero-order valence-electron chi connectivity index (χ0n) is 15.0. The minimum absolute atomic E-state index is 0.0479. The number of rotatable bonds is 6. The number of aliphatic hydroxyl groups is 1. The van der Waals surface area contributed by atoms with Gasteiger partial charge in [0.05, 0.1) is 16.1 Å². The minimum atomic E-state index is -2.81. The van der Waals surface area contributed by atoms with Gasteiger partial charge in [-0.05, 0) is 37.5 Å². The molecule has 1 unspecified atom stereocenters. The molecule has 3 rings (SSSR count). The van der Waals surface area contributed by atoms with Gasteiger partial charge in [0.25, 0.3) is 5.92 Å². The highest BCUT2D eigenvalue weighted by Crippen LogP contribution is 2.39. The lowest BCUT2D eigenvalue weighted by Gasteiger charge is -2.37. The Morgan fingerprint density at radius 1 is 1.42 bits per heavy atom. The fraction of sp³-hybridized carbons (Fsp3) is 0.500. The molecule has 1 saturated carbocycles. The van der Waals surface area contributed by atoms with E-state index in [9.17, 15) is 13.9 Å². The standard InChI is InChI=1S/C20H25ClF2N2O/c1-3-6-15-11-16(18-17(21)7-4-10-25(15)18)14(2)24-13-19(26)8-5-9-20(22,23)12-19/h4,7,10-11,24,26H,2-3,5-6,8-9,12-13H2,1H3. The number of hydrogen-bond donors (Lipinski definition) is 2. The smallest absolute Gasteiger partial charge is 0.251 e. The van der Waals surface area contributed by atoms with Gasteiger partial charge >= 0.3 is 0 Å². The van der Waals surface area contributed by atoms with Crippen molar-refractivity contribution in [3.63, 3.8) is 0 Å². The number of aromatic nitrogens is 1. The molecule has 1 aliphatic rings. The maximum absolute atomic E-state index is 13.7. The van der Waals surface area contributed by atoms with Gasteiger partial charge in [0.15, 0.2) is 0 Å². The molecule has 0 aromatic carbocycles. The van der Waals surface area contributed by atoms with Crippen molar-refractivity contribution in [2.45, 2.75) is 57.0 Å². The Morgan fingerprint density at radius 3 is 2.88 bits per heavy atom. The van der Waals surface area contributed by atoms with Crippen LogP contribution in [0.2, 0.25) is 5.02 Å². The largest absolute Gasteiger partial charge is 0.388 e. The Kier molecular flexibility index (Phi) is 5.31. The Bertz CT molecular complexity index is 817. The van der Waals surface area contributed by atoms with Crippen LogP contribution in [0, 0.1) is 0 Å². The molecule has 0 aliphatic heterocycles. The topological polar surface area (TPSA) is 36.7 Å². The molecule has 2 heterocycles. The molecular weight excluding hydrogens is 358 g/mol. The van der Waals surface area contributed by atoms with E-state index >= 15 is 0 Å². The van der Waals surface area contributed by atoms with Crippen molar-refractivity contribution in [3.05, 3.63) is 47.3 Å². The van der Waals surface area contributed by atoms with Crippen LogP contribution >= 0.6 is 11.6 Å². The third-order valence-electron chi connectivity index (χ3n) is 5.05. The van der Waals surface area contributed by atoms with Gasteiger partial charge in [-0.15, -0.1) is 0 Å². The molecule has 1 fully saturated rings. The van der Waals surface area contributed by atoms with Crippen LogP contribution in [0.4, 0.5) is 8.78 Å². The van der Waals surface area contributed by atoms with E-state index in [0.29, 0.717) is 23.6 Å². The SMILES string of the molecule is C=C(NCC1(O)CCCC(F)(F)C1)c1cc(CCC)n2cccc(Cl)c12. The molecule has 0 amide bonds. The molecule has 2 aromatic rings. The zero-order chi connectivity index (χ0) is 18.9. The summed E-state index contributed by atoms with van der Waals surface area (Å²) in [4.78, 5) is 0. The third-order valence-corrected chi connectivity index (χ3v) is 5.36. The Balaban J connectivity index is 1.82. The van der Waals surface area contributed by atoms with E-state index in [-0.39, 0.29) is 13.0 Å². The molecule has 0 saturated heterocycles. The van der Waals surface area contributed by atoms with Crippen LogP contribution in [-0.2, 0) is 6.42 Å². The molecule has 26 heavy (non-hydrogen) atoms. The summed E-state index contributed by atoms with van der Waals surface area (Å²) in [5.74, 6) is -2.81. The lowest BCUT2D eigenvalue weighted by atomic mass is 9.82. The normalized spacial score (nSPS) is 22.5. The van der Waals surface area contributed by atoms with Crippen molar-refractivity contribution in [1.82, 2.24) is 9.72 Å². The number of nitrogens with one attached hydrogen (secondary N) is 1. The van der Waals surface area contributed by atoms with Crippen LogP contribution in [0.3, 0.4) is 0 Å². The van der Waals surface area contributed by atoms with Crippen LogP contribution in [0.5, 0.6) is 0 Å². The van der Waals surface area contributed by atoms with Crippen molar-refractivity contribution < 1.29 is 13.9 Å². The van der Waals surface area contributed by atoms with Gasteiger partial charge in [-0.25, -0.2) is 8.78 Å². The first-order valence-electron chi connectivity index (χ1n) is 9.06. The molecule has 1 aliphatic carbocycles. The summed E-state index contributed by atoms with van der Waals surface area (Å²) in [5, 5.41) is 14.2. The number of alkyl halides is 2. The van der Waals surface area contributed by atoms with E-state index in [4.69, 9.17) is 11.6 Å². The van der Waals surface area contributed by atoms with Crippen molar-refractivity contribution in [2.24, 2.45) is 0 Å². The first-order chi connectivity index (χ1) is 12.2. The van der Waals surface area contributed by atoms with Crippen molar-refractivity contribution in [1.29, 1.82) is 0 Å². The van der Waals surface area contributed by atoms with Gasteiger partial charge in [-0.3, -0.25) is 0 Å². The van der Waals surface area contributed by atoms with Gasteiger partial charge in [-0.2, -0.15) is 0 Å². The molecule has 1 atom stereocenters. The number of aryl methyl sites for hydroxylation is 1. The van der Waals surface area contributed by atoms with E-state index in [1.807, 2.05) is 28.8 Å². The summed E-state index contributed by atoms with van der Waals surface area (Å²) in [6, 6.07) is 5.74. The number of halogens is 3. The summed E-state index contributed by atoms with van der Waals surface area (Å²) in [5.41, 5.74) is 1.96. The minimum Gasteiger partial charge on any atom is -0.388 e. The van der Waals surface area contributed by atoms with Crippen LogP contribution in [-0.4, -0.2) is 27.6 Å². The highest BCUT2D eigenvalue weighted by atomic mass is 35.5. The quantitative estimate of drug-likeness (QED) is 0.733. The van der Waals surface area contributed by atoms with Crippen molar-refractivity contribution in [2.75, 3.05) is 6.54 Å². The van der Waals surface area contributed by atoms with Crippen molar-refractivity contribution >= 4 is 22.8 Å². The monoisotopic (exact) mass is 382 g/mol. The molecule has 0 spiro atoms.